The minimum absolute atomic E-state index is 0.507. The van der Waals surface area contributed by atoms with Crippen LogP contribution in [0.2, 0.25) is 0 Å². The van der Waals surface area contributed by atoms with Gasteiger partial charge in [-0.15, -0.1) is 0 Å². The fourth-order valence-corrected chi connectivity index (χ4v) is 3.81. The van der Waals surface area contributed by atoms with Gasteiger partial charge in [-0.25, -0.2) is 14.6 Å². The van der Waals surface area contributed by atoms with E-state index in [1.165, 1.54) is 25.7 Å². The van der Waals surface area contributed by atoms with Crippen LogP contribution >= 0.6 is 0 Å². The zero-order valence-corrected chi connectivity index (χ0v) is 13.9. The van der Waals surface area contributed by atoms with Gasteiger partial charge in [-0.2, -0.15) is 0 Å². The molecule has 0 saturated carbocycles. The first-order valence-corrected chi connectivity index (χ1v) is 8.71. The Morgan fingerprint density at radius 1 is 0.826 bits per heavy atom. The SMILES string of the molecule is C[C@@H]1CCCN(c2nc3nonc3nc2N2CCC[C@H](C)C2)C1. The van der Waals surface area contributed by atoms with Crippen LogP contribution in [0.4, 0.5) is 11.6 Å². The van der Waals surface area contributed by atoms with Gasteiger partial charge in [-0.1, -0.05) is 13.8 Å². The van der Waals surface area contributed by atoms with Gasteiger partial charge in [0.2, 0.25) is 11.3 Å². The number of hydrogen-bond acceptors (Lipinski definition) is 7. The van der Waals surface area contributed by atoms with Crippen molar-refractivity contribution in [2.75, 3.05) is 36.0 Å². The third kappa shape index (κ3) is 2.84. The summed E-state index contributed by atoms with van der Waals surface area (Å²) in [6.45, 7) is 8.74. The second kappa shape index (κ2) is 5.94. The van der Waals surface area contributed by atoms with E-state index in [1.54, 1.807) is 0 Å². The molecule has 2 aliphatic heterocycles. The quantitative estimate of drug-likeness (QED) is 0.843. The summed E-state index contributed by atoms with van der Waals surface area (Å²) in [5.74, 6) is 3.28. The summed E-state index contributed by atoms with van der Waals surface area (Å²) < 4.78 is 4.83. The molecule has 0 aliphatic carbocycles. The van der Waals surface area contributed by atoms with E-state index in [9.17, 15) is 0 Å². The number of rotatable bonds is 2. The van der Waals surface area contributed by atoms with Crippen molar-refractivity contribution in [3.05, 3.63) is 0 Å². The van der Waals surface area contributed by atoms with Crippen molar-refractivity contribution in [2.24, 2.45) is 11.8 Å². The van der Waals surface area contributed by atoms with Crippen LogP contribution in [-0.2, 0) is 0 Å². The standard InChI is InChI=1S/C16H24N6O/c1-11-5-3-7-21(9-11)15-16(22-8-4-6-12(2)10-22)18-14-13(17-15)19-23-20-14/h11-12H,3-10H2,1-2H3/t11-,12+. The van der Waals surface area contributed by atoms with E-state index in [1.807, 2.05) is 0 Å². The van der Waals surface area contributed by atoms with Gasteiger partial charge < -0.3 is 9.80 Å². The minimum atomic E-state index is 0.507. The van der Waals surface area contributed by atoms with Crippen LogP contribution < -0.4 is 9.80 Å². The molecule has 0 spiro atoms. The van der Waals surface area contributed by atoms with Gasteiger partial charge in [0, 0.05) is 26.2 Å². The normalized spacial score (nSPS) is 26.0. The Labute approximate surface area is 136 Å². The van der Waals surface area contributed by atoms with E-state index >= 15 is 0 Å². The molecule has 4 heterocycles. The van der Waals surface area contributed by atoms with E-state index in [0.29, 0.717) is 23.1 Å². The Morgan fingerprint density at radius 3 is 1.74 bits per heavy atom. The summed E-state index contributed by atoms with van der Waals surface area (Å²) in [6, 6.07) is 0. The molecule has 2 aliphatic rings. The lowest BCUT2D eigenvalue weighted by Gasteiger charge is -2.37. The van der Waals surface area contributed by atoms with E-state index in [4.69, 9.17) is 14.6 Å². The second-order valence-electron chi connectivity index (χ2n) is 7.17. The van der Waals surface area contributed by atoms with Crippen molar-refractivity contribution in [2.45, 2.75) is 39.5 Å². The molecule has 124 valence electrons. The van der Waals surface area contributed by atoms with E-state index in [2.05, 4.69) is 34.0 Å². The van der Waals surface area contributed by atoms with Crippen LogP contribution in [0.15, 0.2) is 4.63 Å². The fourth-order valence-electron chi connectivity index (χ4n) is 3.81. The van der Waals surface area contributed by atoms with Gasteiger partial charge >= 0.3 is 0 Å². The minimum Gasteiger partial charge on any atom is -0.353 e. The van der Waals surface area contributed by atoms with Crippen molar-refractivity contribution < 1.29 is 4.63 Å². The number of aromatic nitrogens is 4. The maximum Gasteiger partial charge on any atom is 0.245 e. The first-order chi connectivity index (χ1) is 11.2. The molecule has 0 N–H and O–H groups in total. The topological polar surface area (TPSA) is 71.2 Å². The zero-order valence-electron chi connectivity index (χ0n) is 13.9. The Bertz CT molecular complexity index is 630. The zero-order chi connectivity index (χ0) is 15.8. The molecular weight excluding hydrogens is 292 g/mol. The lowest BCUT2D eigenvalue weighted by atomic mass is 9.99. The third-order valence-corrected chi connectivity index (χ3v) is 4.99. The highest BCUT2D eigenvalue weighted by molar-refractivity contribution is 5.74. The van der Waals surface area contributed by atoms with Crippen LogP contribution in [0, 0.1) is 11.8 Å². The van der Waals surface area contributed by atoms with Gasteiger partial charge in [-0.3, -0.25) is 0 Å². The lowest BCUT2D eigenvalue weighted by Crippen LogP contribution is -2.39. The van der Waals surface area contributed by atoms with Crippen LogP contribution in [0.25, 0.3) is 11.3 Å². The molecule has 2 fully saturated rings. The number of hydrogen-bond donors (Lipinski definition) is 0. The lowest BCUT2D eigenvalue weighted by molar-refractivity contribution is 0.314. The summed E-state index contributed by atoms with van der Waals surface area (Å²) in [5, 5.41) is 7.78. The number of piperidine rings is 2. The smallest absolute Gasteiger partial charge is 0.245 e. The Hall–Kier alpha value is -1.92. The number of fused-ring (bicyclic) bond motifs is 1. The molecule has 0 radical (unpaired) electrons. The molecule has 0 aromatic carbocycles. The molecule has 4 rings (SSSR count). The average molecular weight is 316 g/mol. The maximum absolute atomic E-state index is 4.83. The predicted octanol–water partition coefficient (Wildman–Crippen LogP) is 2.49. The molecule has 2 saturated heterocycles. The monoisotopic (exact) mass is 316 g/mol. The Kier molecular flexibility index (Phi) is 3.79. The van der Waals surface area contributed by atoms with Gasteiger partial charge in [0.15, 0.2) is 11.6 Å². The molecule has 0 amide bonds. The van der Waals surface area contributed by atoms with Crippen molar-refractivity contribution >= 4 is 22.9 Å². The molecule has 2 aromatic heterocycles. The molecule has 0 bridgehead atoms. The highest BCUT2D eigenvalue weighted by Gasteiger charge is 2.27. The molecule has 23 heavy (non-hydrogen) atoms. The first-order valence-electron chi connectivity index (χ1n) is 8.71. The molecule has 7 heteroatoms. The first kappa shape index (κ1) is 14.7. The molecular formula is C16H24N6O. The third-order valence-electron chi connectivity index (χ3n) is 4.99. The van der Waals surface area contributed by atoms with Gasteiger partial charge in [0.05, 0.1) is 0 Å². The van der Waals surface area contributed by atoms with Gasteiger partial charge in [-0.05, 0) is 47.8 Å². The summed E-state index contributed by atoms with van der Waals surface area (Å²) in [7, 11) is 0. The number of nitrogens with zero attached hydrogens (tertiary/aromatic N) is 6. The average Bonchev–Trinajstić information content (AvgIpc) is 3.01. The molecule has 2 atom stereocenters. The largest absolute Gasteiger partial charge is 0.353 e. The second-order valence-corrected chi connectivity index (χ2v) is 7.17. The highest BCUT2D eigenvalue weighted by atomic mass is 16.6. The maximum atomic E-state index is 4.83. The Balaban J connectivity index is 1.75. The molecule has 0 unspecified atom stereocenters. The van der Waals surface area contributed by atoms with Crippen LogP contribution in [0.3, 0.4) is 0 Å². The highest BCUT2D eigenvalue weighted by Crippen LogP contribution is 2.32. The molecule has 7 nitrogen and oxygen atoms in total. The van der Waals surface area contributed by atoms with Crippen molar-refractivity contribution in [1.82, 2.24) is 20.3 Å². The van der Waals surface area contributed by atoms with Crippen molar-refractivity contribution in [3.63, 3.8) is 0 Å². The Morgan fingerprint density at radius 2 is 1.30 bits per heavy atom. The predicted molar refractivity (Wildman–Crippen MR) is 88.6 cm³/mol. The van der Waals surface area contributed by atoms with Crippen LogP contribution in [0.1, 0.15) is 39.5 Å². The summed E-state index contributed by atoms with van der Waals surface area (Å²) in [4.78, 5) is 14.2. The van der Waals surface area contributed by atoms with E-state index in [-0.39, 0.29) is 0 Å². The fraction of sp³-hybridized carbons (Fsp3) is 0.750. The summed E-state index contributed by atoms with van der Waals surface area (Å²) in [5.41, 5.74) is 1.01. The summed E-state index contributed by atoms with van der Waals surface area (Å²) in [6.07, 6.45) is 4.98. The number of anilines is 2. The van der Waals surface area contributed by atoms with Crippen molar-refractivity contribution in [1.29, 1.82) is 0 Å². The van der Waals surface area contributed by atoms with E-state index < -0.39 is 0 Å². The van der Waals surface area contributed by atoms with Crippen molar-refractivity contribution in [3.8, 4) is 0 Å². The molecule has 2 aromatic rings. The van der Waals surface area contributed by atoms with Crippen LogP contribution in [-0.4, -0.2) is 46.5 Å². The van der Waals surface area contributed by atoms with E-state index in [0.717, 1.165) is 37.8 Å². The van der Waals surface area contributed by atoms with Gasteiger partial charge in [0.1, 0.15) is 0 Å². The van der Waals surface area contributed by atoms with Gasteiger partial charge in [0.25, 0.3) is 0 Å². The van der Waals surface area contributed by atoms with Crippen LogP contribution in [0.5, 0.6) is 0 Å². The summed E-state index contributed by atoms with van der Waals surface area (Å²) >= 11 is 0.